The van der Waals surface area contributed by atoms with Crippen LogP contribution in [0.2, 0.25) is 0 Å². The Bertz CT molecular complexity index is 893. The molecular weight excluding hydrogens is 396 g/mol. The molecule has 1 heterocycles. The Balaban J connectivity index is 1.52. The Kier molecular flexibility index (Phi) is 6.82. The van der Waals surface area contributed by atoms with E-state index in [-0.39, 0.29) is 34.1 Å². The third-order valence-electron chi connectivity index (χ3n) is 4.99. The van der Waals surface area contributed by atoms with Crippen LogP contribution in [0.1, 0.15) is 45.4 Å². The van der Waals surface area contributed by atoms with E-state index >= 15 is 0 Å². The molecule has 2 amide bonds. The number of benzene rings is 1. The van der Waals surface area contributed by atoms with Crippen LogP contribution in [0.5, 0.6) is 0 Å². The molecule has 0 spiro atoms. The molecule has 3 rings (SSSR count). The summed E-state index contributed by atoms with van der Waals surface area (Å²) in [6.45, 7) is 2.35. The molecule has 6 nitrogen and oxygen atoms in total. The molecule has 0 saturated heterocycles. The van der Waals surface area contributed by atoms with Crippen molar-refractivity contribution in [3.05, 3.63) is 29.8 Å². The van der Waals surface area contributed by atoms with Gasteiger partial charge in [-0.05, 0) is 57.2 Å². The maximum atomic E-state index is 12.6. The quantitative estimate of drug-likeness (QED) is 0.658. The molecule has 28 heavy (non-hydrogen) atoms. The molecule has 2 aliphatic rings. The summed E-state index contributed by atoms with van der Waals surface area (Å²) < 4.78 is 25.2. The van der Waals surface area contributed by atoms with E-state index in [4.69, 9.17) is 0 Å². The first-order valence-electron chi connectivity index (χ1n) is 9.64. The zero-order chi connectivity index (χ0) is 20.1. The summed E-state index contributed by atoms with van der Waals surface area (Å²) in [6, 6.07) is 4.73. The van der Waals surface area contributed by atoms with Crippen LogP contribution in [-0.4, -0.2) is 37.8 Å². The lowest BCUT2D eigenvalue weighted by Crippen LogP contribution is -2.27. The van der Waals surface area contributed by atoms with Crippen LogP contribution in [-0.2, 0) is 19.4 Å². The predicted octanol–water partition coefficient (Wildman–Crippen LogP) is 3.29. The number of nitrogens with one attached hydrogen (secondary N) is 2. The molecule has 0 fully saturated rings. The highest BCUT2D eigenvalue weighted by Crippen LogP contribution is 2.36. The van der Waals surface area contributed by atoms with E-state index in [1.54, 1.807) is 19.1 Å². The highest BCUT2D eigenvalue weighted by Gasteiger charge is 2.25. The van der Waals surface area contributed by atoms with E-state index in [0.717, 1.165) is 24.2 Å². The van der Waals surface area contributed by atoms with Gasteiger partial charge in [0.2, 0.25) is 11.8 Å². The predicted molar refractivity (Wildman–Crippen MR) is 111 cm³/mol. The fourth-order valence-corrected chi connectivity index (χ4v) is 5.50. The van der Waals surface area contributed by atoms with Gasteiger partial charge in [-0.3, -0.25) is 9.59 Å². The van der Waals surface area contributed by atoms with E-state index in [0.29, 0.717) is 12.2 Å². The first kappa shape index (κ1) is 20.9. The minimum Gasteiger partial charge on any atom is -0.356 e. The third-order valence-corrected chi connectivity index (χ3v) is 7.88. The molecule has 0 saturated carbocycles. The van der Waals surface area contributed by atoms with E-state index in [1.165, 1.54) is 36.2 Å². The molecule has 0 aromatic heterocycles. The molecule has 1 aromatic carbocycles. The van der Waals surface area contributed by atoms with Gasteiger partial charge in [0.25, 0.3) is 0 Å². The van der Waals surface area contributed by atoms with Crippen molar-refractivity contribution in [3.63, 3.8) is 0 Å². The molecule has 0 unspecified atom stereocenters. The van der Waals surface area contributed by atoms with Crippen molar-refractivity contribution >= 4 is 39.1 Å². The van der Waals surface area contributed by atoms with Crippen LogP contribution in [0.3, 0.4) is 0 Å². The molecule has 152 valence electrons. The molecule has 2 N–H and O–H groups in total. The average molecular weight is 423 g/mol. The third kappa shape index (κ3) is 5.38. The Labute approximate surface area is 170 Å². The van der Waals surface area contributed by atoms with Crippen molar-refractivity contribution < 1.29 is 18.0 Å². The van der Waals surface area contributed by atoms with Gasteiger partial charge >= 0.3 is 0 Å². The zero-order valence-corrected chi connectivity index (χ0v) is 17.6. The van der Waals surface area contributed by atoms with Crippen molar-refractivity contribution in [2.24, 2.45) is 0 Å². The van der Waals surface area contributed by atoms with E-state index in [9.17, 15) is 18.0 Å². The van der Waals surface area contributed by atoms with Gasteiger partial charge in [-0.15, -0.1) is 11.8 Å². The van der Waals surface area contributed by atoms with E-state index < -0.39 is 9.84 Å². The molecule has 8 heteroatoms. The van der Waals surface area contributed by atoms with Gasteiger partial charge in [0.15, 0.2) is 9.84 Å². The Hall–Kier alpha value is -1.80. The largest absolute Gasteiger partial charge is 0.356 e. The number of carbonyl (C=O) groups excluding carboxylic acids is 2. The second kappa shape index (κ2) is 9.13. The SMILES string of the molecule is C[C@@H]1Sc2ccc(S(=O)(=O)CCC(=O)NCCC3=CCCCC3)cc2NC1=O. The molecule has 0 radical (unpaired) electrons. The molecular formula is C20H26N2O4S2. The highest BCUT2D eigenvalue weighted by molar-refractivity contribution is 8.01. The van der Waals surface area contributed by atoms with Crippen LogP contribution in [0.25, 0.3) is 0 Å². The minimum absolute atomic E-state index is 0.0728. The fraction of sp³-hybridized carbons (Fsp3) is 0.500. The number of sulfone groups is 1. The maximum Gasteiger partial charge on any atom is 0.237 e. The van der Waals surface area contributed by atoms with Gasteiger partial charge in [0.1, 0.15) is 0 Å². The van der Waals surface area contributed by atoms with Crippen molar-refractivity contribution in [2.75, 3.05) is 17.6 Å². The summed E-state index contributed by atoms with van der Waals surface area (Å²) in [5.41, 5.74) is 1.89. The summed E-state index contributed by atoms with van der Waals surface area (Å²) in [5.74, 6) is -0.646. The van der Waals surface area contributed by atoms with Gasteiger partial charge in [-0.25, -0.2) is 8.42 Å². The van der Waals surface area contributed by atoms with E-state index in [2.05, 4.69) is 16.7 Å². The first-order chi connectivity index (χ1) is 13.3. The molecule has 0 bridgehead atoms. The number of rotatable bonds is 7. The summed E-state index contributed by atoms with van der Waals surface area (Å²) in [7, 11) is -3.60. The van der Waals surface area contributed by atoms with Gasteiger partial charge in [-0.1, -0.05) is 11.6 Å². The fourth-order valence-electron chi connectivity index (χ4n) is 3.31. The average Bonchev–Trinajstić information content (AvgIpc) is 2.68. The summed E-state index contributed by atoms with van der Waals surface area (Å²) >= 11 is 1.40. The topological polar surface area (TPSA) is 92.3 Å². The van der Waals surface area contributed by atoms with Crippen molar-refractivity contribution in [2.45, 2.75) is 60.5 Å². The zero-order valence-electron chi connectivity index (χ0n) is 16.0. The van der Waals surface area contributed by atoms with Crippen molar-refractivity contribution in [1.82, 2.24) is 5.32 Å². The minimum atomic E-state index is -3.60. The van der Waals surface area contributed by atoms with E-state index in [1.807, 2.05) is 0 Å². The molecule has 1 aromatic rings. The lowest BCUT2D eigenvalue weighted by Gasteiger charge is -2.21. The lowest BCUT2D eigenvalue weighted by molar-refractivity contribution is -0.120. The normalized spacial score (nSPS) is 19.4. The van der Waals surface area contributed by atoms with Gasteiger partial charge in [-0.2, -0.15) is 0 Å². The molecule has 1 aliphatic heterocycles. The summed E-state index contributed by atoms with van der Waals surface area (Å²) in [5, 5.41) is 5.34. The smallest absolute Gasteiger partial charge is 0.237 e. The Morgan fingerprint density at radius 3 is 2.89 bits per heavy atom. The lowest BCUT2D eigenvalue weighted by atomic mass is 9.97. The standard InChI is InChI=1S/C20H26N2O4S2/c1-14-20(24)22-17-13-16(7-8-18(17)27-14)28(25,26)12-10-19(23)21-11-9-15-5-3-2-4-6-15/h5,7-8,13-14H,2-4,6,9-12H2,1H3,(H,21,23)(H,22,24)/t14-/m0/s1. The monoisotopic (exact) mass is 422 g/mol. The number of allylic oxidation sites excluding steroid dienone is 1. The number of thioether (sulfide) groups is 1. The van der Waals surface area contributed by atoms with Crippen molar-refractivity contribution in [3.8, 4) is 0 Å². The maximum absolute atomic E-state index is 12.6. The summed E-state index contributed by atoms with van der Waals surface area (Å²) in [6.07, 6.45) is 7.65. The number of hydrogen-bond acceptors (Lipinski definition) is 5. The number of anilines is 1. The number of carbonyl (C=O) groups is 2. The first-order valence-corrected chi connectivity index (χ1v) is 12.2. The molecule has 1 aliphatic carbocycles. The van der Waals surface area contributed by atoms with Gasteiger partial charge in [0, 0.05) is 17.9 Å². The number of amides is 2. The Morgan fingerprint density at radius 2 is 2.14 bits per heavy atom. The van der Waals surface area contributed by atoms with Crippen LogP contribution in [0, 0.1) is 0 Å². The summed E-state index contributed by atoms with van der Waals surface area (Å²) in [4.78, 5) is 24.8. The second-order valence-corrected chi connectivity index (χ2v) is 10.7. The van der Waals surface area contributed by atoms with Crippen LogP contribution < -0.4 is 10.6 Å². The van der Waals surface area contributed by atoms with Crippen molar-refractivity contribution in [1.29, 1.82) is 0 Å². The van der Waals surface area contributed by atoms with Crippen LogP contribution in [0.4, 0.5) is 5.69 Å². The van der Waals surface area contributed by atoms with Crippen LogP contribution >= 0.6 is 11.8 Å². The van der Waals surface area contributed by atoms with Crippen LogP contribution in [0.15, 0.2) is 39.6 Å². The Morgan fingerprint density at radius 1 is 1.32 bits per heavy atom. The van der Waals surface area contributed by atoms with Gasteiger partial charge < -0.3 is 10.6 Å². The number of fused-ring (bicyclic) bond motifs is 1. The number of hydrogen-bond donors (Lipinski definition) is 2. The highest BCUT2D eigenvalue weighted by atomic mass is 32.2. The molecule has 1 atom stereocenters. The second-order valence-electron chi connectivity index (χ2n) is 7.18. The van der Waals surface area contributed by atoms with Gasteiger partial charge in [0.05, 0.1) is 21.6 Å².